The second kappa shape index (κ2) is 49.7. The molecule has 0 radical (unpaired) electrons. The second-order valence-corrected chi connectivity index (χ2v) is 37.8. The number of hydrogen-bond donors (Lipinski definition) is 0. The van der Waals surface area contributed by atoms with Gasteiger partial charge in [-0.1, -0.05) is 582 Å². The average molecular weight is 1920 g/mol. The molecule has 0 unspecified atom stereocenters. The van der Waals surface area contributed by atoms with Gasteiger partial charge in [0.05, 0.1) is 0 Å². The van der Waals surface area contributed by atoms with E-state index in [0.29, 0.717) is 0 Å². The summed E-state index contributed by atoms with van der Waals surface area (Å²) in [7, 11) is 0. The normalized spacial score (nSPS) is 10.6. The lowest BCUT2D eigenvalue weighted by Crippen LogP contribution is -1.91. The molecule has 0 heterocycles. The Kier molecular flexibility index (Phi) is 33.1. The Morgan fingerprint density at radius 3 is 0.647 bits per heavy atom. The Morgan fingerprint density at radius 1 is 0.0800 bits per heavy atom. The molecule has 720 valence electrons. The van der Waals surface area contributed by atoms with Crippen LogP contribution in [0.25, 0.3) is 200 Å². The summed E-state index contributed by atoms with van der Waals surface area (Å²) in [6.45, 7) is 13.1. The predicted molar refractivity (Wildman–Crippen MR) is 645 cm³/mol. The first-order chi connectivity index (χ1) is 74.0. The van der Waals surface area contributed by atoms with Gasteiger partial charge in [-0.25, -0.2) is 0 Å². The number of hydrogen-bond acceptors (Lipinski definition) is 0. The Labute approximate surface area is 887 Å². The number of benzene rings is 24. The first kappa shape index (κ1) is 100.0. The lowest BCUT2D eigenvalue weighted by molar-refractivity contribution is 1.44. The minimum absolute atomic E-state index is 1.25. The van der Waals surface area contributed by atoms with E-state index in [9.17, 15) is 0 Å². The van der Waals surface area contributed by atoms with Crippen LogP contribution in [0.4, 0.5) is 0 Å². The van der Waals surface area contributed by atoms with E-state index >= 15 is 0 Å². The van der Waals surface area contributed by atoms with Crippen molar-refractivity contribution in [2.24, 2.45) is 0 Å². The highest BCUT2D eigenvalue weighted by Crippen LogP contribution is 2.44. The Morgan fingerprint density at radius 2 is 0.260 bits per heavy atom. The summed E-state index contributed by atoms with van der Waals surface area (Å²) in [6, 6.07) is 219. The maximum atomic E-state index is 2.31. The summed E-state index contributed by atoms with van der Waals surface area (Å²) in [5.41, 5.74) is 53.4. The van der Waals surface area contributed by atoms with Crippen molar-refractivity contribution in [3.05, 3.63) is 652 Å². The topological polar surface area (TPSA) is 0 Å². The fourth-order valence-electron chi connectivity index (χ4n) is 20.1. The van der Waals surface area contributed by atoms with Gasteiger partial charge in [0.25, 0.3) is 0 Å². The molecule has 150 heavy (non-hydrogen) atoms. The van der Waals surface area contributed by atoms with E-state index in [0.717, 1.165) is 0 Å². The molecule has 0 aliphatic rings. The molecule has 0 saturated heterocycles. The fourth-order valence-corrected chi connectivity index (χ4v) is 20.1. The van der Waals surface area contributed by atoms with Crippen LogP contribution in [0.15, 0.2) is 619 Å². The number of rotatable bonds is 18. The third kappa shape index (κ3) is 24.7. The van der Waals surface area contributed by atoms with E-state index in [2.05, 4.69) is 660 Å². The molecular weight excluding hydrogens is 1800 g/mol. The van der Waals surface area contributed by atoms with Crippen LogP contribution in [0.1, 0.15) is 33.4 Å². The third-order valence-corrected chi connectivity index (χ3v) is 27.9. The van der Waals surface area contributed by atoms with E-state index < -0.39 is 0 Å². The van der Waals surface area contributed by atoms with Crippen LogP contribution in [-0.4, -0.2) is 0 Å². The zero-order chi connectivity index (χ0) is 102. The molecule has 24 aromatic carbocycles. The molecule has 0 N–H and O–H groups in total. The molecule has 24 aromatic rings. The van der Waals surface area contributed by atoms with Crippen molar-refractivity contribution < 1.29 is 0 Å². The number of aryl methyl sites for hydroxylation is 5. The molecule has 0 bridgehead atoms. The second-order valence-electron chi connectivity index (χ2n) is 37.8. The largest absolute Gasteiger partial charge is 0.0622 e. The highest BCUT2D eigenvalue weighted by molar-refractivity contribution is 5.93. The molecule has 0 heteroatoms. The molecule has 0 aromatic heterocycles. The lowest BCUT2D eigenvalue weighted by Gasteiger charge is -2.15. The Hall–Kier alpha value is -18.7. The maximum absolute atomic E-state index is 2.31. The molecule has 0 amide bonds. The SMILES string of the molecule is Cc1c(-c2ccccc2)cccc1-c1ccccc1-c1ccccc1.Cc1ccc(-c2cccc(-c3ccccc3)c2)cc1-c1ccccc1.Cc1ccc(-c2ccccc2)cc1-c1ccccc1-c1ccccc1.Cc1ccc(-c2ccccc2-c2ccccc2)cc1-c1ccccc1.Cc1cccc(-c2cccc(-c3ccccc3)c2)c1-c1ccccc1.Cc1ccccc1-c1cccc(-c2ccccc2-c2ccccc2)c1. The minimum atomic E-state index is 1.25. The molecule has 0 nitrogen and oxygen atoms in total. The maximum Gasteiger partial charge on any atom is -0.00761 e. The van der Waals surface area contributed by atoms with E-state index in [1.54, 1.807) is 0 Å². The van der Waals surface area contributed by atoms with E-state index in [1.807, 2.05) is 0 Å². The van der Waals surface area contributed by atoms with Gasteiger partial charge in [0.1, 0.15) is 0 Å². The molecule has 0 atom stereocenters. The third-order valence-electron chi connectivity index (χ3n) is 27.9. The van der Waals surface area contributed by atoms with Crippen molar-refractivity contribution in [2.75, 3.05) is 0 Å². The predicted octanol–water partition coefficient (Wildman–Crippen LogP) is 42.0. The Bertz CT molecular complexity index is 8400. The van der Waals surface area contributed by atoms with Crippen LogP contribution in [0.5, 0.6) is 0 Å². The molecule has 0 saturated carbocycles. The quantitative estimate of drug-likeness (QED) is 0.0803. The van der Waals surface area contributed by atoms with Crippen LogP contribution >= 0.6 is 0 Å². The van der Waals surface area contributed by atoms with Crippen molar-refractivity contribution in [2.45, 2.75) is 41.5 Å². The van der Waals surface area contributed by atoms with Crippen molar-refractivity contribution in [3.8, 4) is 200 Å². The highest BCUT2D eigenvalue weighted by atomic mass is 14.2. The summed E-state index contributed by atoms with van der Waals surface area (Å²) in [5, 5.41) is 0. The van der Waals surface area contributed by atoms with E-state index in [-0.39, 0.29) is 0 Å². The zero-order valence-corrected chi connectivity index (χ0v) is 85.9. The van der Waals surface area contributed by atoms with Crippen LogP contribution in [-0.2, 0) is 0 Å². The van der Waals surface area contributed by atoms with Gasteiger partial charge in [0.2, 0.25) is 0 Å². The van der Waals surface area contributed by atoms with Crippen LogP contribution in [0, 0.1) is 41.5 Å². The summed E-state index contributed by atoms with van der Waals surface area (Å²) >= 11 is 0. The van der Waals surface area contributed by atoms with Crippen molar-refractivity contribution in [3.63, 3.8) is 0 Å². The Balaban J connectivity index is 0.000000113. The summed E-state index contributed by atoms with van der Waals surface area (Å²) in [5.74, 6) is 0. The van der Waals surface area contributed by atoms with Gasteiger partial charge in [-0.2, -0.15) is 0 Å². The van der Waals surface area contributed by atoms with Crippen molar-refractivity contribution in [1.82, 2.24) is 0 Å². The van der Waals surface area contributed by atoms with Crippen molar-refractivity contribution >= 4 is 0 Å². The minimum Gasteiger partial charge on any atom is -0.0622 e. The fraction of sp³-hybridized carbons (Fsp3) is 0.0400. The van der Waals surface area contributed by atoms with Crippen LogP contribution in [0.3, 0.4) is 0 Å². The van der Waals surface area contributed by atoms with Gasteiger partial charge in [-0.05, 0) is 312 Å². The zero-order valence-electron chi connectivity index (χ0n) is 85.9. The molecular formula is C150H120. The van der Waals surface area contributed by atoms with E-state index in [1.165, 1.54) is 234 Å². The van der Waals surface area contributed by atoms with Crippen molar-refractivity contribution in [1.29, 1.82) is 0 Å². The summed E-state index contributed by atoms with van der Waals surface area (Å²) < 4.78 is 0. The lowest BCUT2D eigenvalue weighted by atomic mass is 9.89. The molecule has 0 fully saturated rings. The van der Waals surface area contributed by atoms with Gasteiger partial charge in [0.15, 0.2) is 0 Å². The van der Waals surface area contributed by atoms with Gasteiger partial charge >= 0.3 is 0 Å². The molecule has 24 rings (SSSR count). The summed E-state index contributed by atoms with van der Waals surface area (Å²) in [6.07, 6.45) is 0. The first-order valence-electron chi connectivity index (χ1n) is 51.8. The smallest absolute Gasteiger partial charge is 0.00761 e. The van der Waals surface area contributed by atoms with Gasteiger partial charge in [-0.15, -0.1) is 0 Å². The monoisotopic (exact) mass is 1920 g/mol. The first-order valence-corrected chi connectivity index (χ1v) is 51.8. The van der Waals surface area contributed by atoms with Gasteiger partial charge in [0, 0.05) is 0 Å². The highest BCUT2D eigenvalue weighted by Gasteiger charge is 2.19. The molecule has 0 aliphatic heterocycles. The van der Waals surface area contributed by atoms with Crippen LogP contribution in [0.2, 0.25) is 0 Å². The molecule has 0 aliphatic carbocycles. The van der Waals surface area contributed by atoms with Gasteiger partial charge in [-0.3, -0.25) is 0 Å². The molecule has 0 spiro atoms. The van der Waals surface area contributed by atoms with Crippen LogP contribution < -0.4 is 0 Å². The van der Waals surface area contributed by atoms with E-state index in [4.69, 9.17) is 0 Å². The van der Waals surface area contributed by atoms with Gasteiger partial charge < -0.3 is 0 Å². The standard InChI is InChI=1S/6C25H20/c1-19-10-8-17-24(25(19)21-13-6-3-7-14-21)23-16-9-15-22(18-23)20-11-4-2-5-12-20;1-19-22(20-11-4-2-5-12-20)17-10-18-23(19)25-16-9-8-15-24(25)21-13-6-3-7-14-21;1-19-16-17-22(18-25(19)21-12-6-3-7-13-21)24-15-9-8-14-23(24)20-10-4-2-5-11-20;1-19-16-17-22(20-10-4-2-5-11-20)18-25(19)24-15-9-8-14-23(24)21-12-6-3-7-13-21;1-19-15-16-24(18-25(19)21-11-6-3-7-12-21)23-14-8-13-22(17-23)20-9-4-2-5-10-20;1-19-10-5-6-15-23(19)21-13-9-14-22(18-21)25-17-8-7-16-24(25)20-11-3-2-4-12-20/h6*2-18H,1H3. The average Bonchev–Trinajstić information content (AvgIpc) is 0.788. The summed E-state index contributed by atoms with van der Waals surface area (Å²) in [4.78, 5) is 0.